The maximum Gasteiger partial charge on any atom is 0.271 e. The van der Waals surface area contributed by atoms with Gasteiger partial charge in [-0.1, -0.05) is 24.6 Å². The second-order valence-electron chi connectivity index (χ2n) is 7.03. The number of amides is 2. The normalized spacial score (nSPS) is 21.5. The van der Waals surface area contributed by atoms with E-state index in [1.165, 1.54) is 11.8 Å². The van der Waals surface area contributed by atoms with Gasteiger partial charge in [0.1, 0.15) is 5.69 Å². The molecule has 2 amide bonds. The second kappa shape index (κ2) is 6.86. The molecule has 6 heteroatoms. The smallest absolute Gasteiger partial charge is 0.271 e. The fourth-order valence-corrected chi connectivity index (χ4v) is 3.95. The van der Waals surface area contributed by atoms with Gasteiger partial charge in [0.2, 0.25) is 5.91 Å². The molecule has 1 fully saturated rings. The van der Waals surface area contributed by atoms with Crippen LogP contribution in [0.2, 0.25) is 0 Å². The van der Waals surface area contributed by atoms with Crippen molar-refractivity contribution in [3.8, 4) is 0 Å². The molecule has 1 saturated carbocycles. The number of nitrogens with one attached hydrogen (secondary N) is 1. The Morgan fingerprint density at radius 3 is 2.81 bits per heavy atom. The van der Waals surface area contributed by atoms with E-state index >= 15 is 0 Å². The number of benzene rings is 1. The van der Waals surface area contributed by atoms with Gasteiger partial charge in [-0.3, -0.25) is 14.6 Å². The summed E-state index contributed by atoms with van der Waals surface area (Å²) in [6.45, 7) is 2.55. The van der Waals surface area contributed by atoms with E-state index in [1.807, 2.05) is 30.0 Å². The first-order valence-electron chi connectivity index (χ1n) is 9.12. The van der Waals surface area contributed by atoms with E-state index in [1.54, 1.807) is 6.20 Å². The standard InChI is InChI=1S/C20H22N4O2/c1-13-11-22-17(12-21-13)19(25)23-16-7-4-6-15(16)20(26)24-10-9-14-5-2-3-8-18(14)24/h2-3,5,8,11-12,15-16H,4,6-7,9-10H2,1H3,(H,23,25)/t15-,16+/m0/s1. The Bertz CT molecular complexity index is 834. The van der Waals surface area contributed by atoms with Gasteiger partial charge < -0.3 is 10.2 Å². The Morgan fingerprint density at radius 1 is 1.15 bits per heavy atom. The molecule has 1 aromatic heterocycles. The van der Waals surface area contributed by atoms with Gasteiger partial charge in [-0.25, -0.2) is 4.98 Å². The van der Waals surface area contributed by atoms with Crippen LogP contribution in [0.25, 0.3) is 0 Å². The highest BCUT2D eigenvalue weighted by Crippen LogP contribution is 2.33. The van der Waals surface area contributed by atoms with Gasteiger partial charge in [0.25, 0.3) is 5.91 Å². The van der Waals surface area contributed by atoms with Crippen LogP contribution in [-0.4, -0.2) is 34.4 Å². The third-order valence-corrected chi connectivity index (χ3v) is 5.32. The van der Waals surface area contributed by atoms with Crippen molar-refractivity contribution >= 4 is 17.5 Å². The summed E-state index contributed by atoms with van der Waals surface area (Å²) in [5, 5.41) is 3.00. The summed E-state index contributed by atoms with van der Waals surface area (Å²) in [6, 6.07) is 7.91. The number of nitrogens with zero attached hydrogens (tertiary/aromatic N) is 3. The fraction of sp³-hybridized carbons (Fsp3) is 0.400. The zero-order valence-electron chi connectivity index (χ0n) is 14.8. The second-order valence-corrected chi connectivity index (χ2v) is 7.03. The predicted molar refractivity (Wildman–Crippen MR) is 97.9 cm³/mol. The lowest BCUT2D eigenvalue weighted by Crippen LogP contribution is -2.45. The number of aromatic nitrogens is 2. The third-order valence-electron chi connectivity index (χ3n) is 5.32. The van der Waals surface area contributed by atoms with Crippen molar-refractivity contribution in [2.24, 2.45) is 5.92 Å². The molecule has 0 radical (unpaired) electrons. The number of para-hydroxylation sites is 1. The highest BCUT2D eigenvalue weighted by atomic mass is 16.2. The lowest BCUT2D eigenvalue weighted by Gasteiger charge is -2.26. The van der Waals surface area contributed by atoms with Crippen molar-refractivity contribution in [1.29, 1.82) is 0 Å². The van der Waals surface area contributed by atoms with Crippen LogP contribution in [0, 0.1) is 12.8 Å². The molecule has 0 spiro atoms. The number of carbonyl (C=O) groups excluding carboxylic acids is 2. The predicted octanol–water partition coefficient (Wildman–Crippen LogP) is 2.27. The lowest BCUT2D eigenvalue weighted by molar-refractivity contribution is -0.122. The molecule has 2 atom stereocenters. The van der Waals surface area contributed by atoms with Gasteiger partial charge in [0.15, 0.2) is 0 Å². The summed E-state index contributed by atoms with van der Waals surface area (Å²) in [5.41, 5.74) is 3.29. The number of hydrogen-bond donors (Lipinski definition) is 1. The Hall–Kier alpha value is -2.76. The Labute approximate surface area is 152 Å². The summed E-state index contributed by atoms with van der Waals surface area (Å²) >= 11 is 0. The van der Waals surface area contributed by atoms with Crippen LogP contribution in [-0.2, 0) is 11.2 Å². The Kier molecular flexibility index (Phi) is 4.41. The highest BCUT2D eigenvalue weighted by molar-refractivity contribution is 5.98. The summed E-state index contributed by atoms with van der Waals surface area (Å²) in [7, 11) is 0. The zero-order chi connectivity index (χ0) is 18.1. The van der Waals surface area contributed by atoms with Crippen LogP contribution < -0.4 is 10.2 Å². The molecule has 6 nitrogen and oxygen atoms in total. The molecule has 1 aliphatic carbocycles. The van der Waals surface area contributed by atoms with Crippen LogP contribution in [0.3, 0.4) is 0 Å². The topological polar surface area (TPSA) is 75.2 Å². The van der Waals surface area contributed by atoms with E-state index in [-0.39, 0.29) is 23.8 Å². The first kappa shape index (κ1) is 16.7. The molecule has 0 unspecified atom stereocenters. The summed E-state index contributed by atoms with van der Waals surface area (Å²) in [6.07, 6.45) is 6.51. The van der Waals surface area contributed by atoms with Crippen molar-refractivity contribution in [2.45, 2.75) is 38.6 Å². The largest absolute Gasteiger partial charge is 0.347 e. The third kappa shape index (κ3) is 3.07. The van der Waals surface area contributed by atoms with E-state index in [2.05, 4.69) is 21.4 Å². The van der Waals surface area contributed by atoms with E-state index in [4.69, 9.17) is 0 Å². The van der Waals surface area contributed by atoms with Gasteiger partial charge in [-0.15, -0.1) is 0 Å². The Balaban J connectivity index is 1.47. The monoisotopic (exact) mass is 350 g/mol. The first-order valence-corrected chi connectivity index (χ1v) is 9.12. The molecular formula is C20H22N4O2. The maximum atomic E-state index is 13.1. The maximum absolute atomic E-state index is 13.1. The van der Waals surface area contributed by atoms with Crippen molar-refractivity contribution in [2.75, 3.05) is 11.4 Å². The number of anilines is 1. The summed E-state index contributed by atoms with van der Waals surface area (Å²) < 4.78 is 0. The van der Waals surface area contributed by atoms with Gasteiger partial charge in [-0.05, 0) is 37.8 Å². The first-order chi connectivity index (χ1) is 12.6. The SMILES string of the molecule is Cc1cnc(C(=O)N[C@@H]2CCC[C@@H]2C(=O)N2CCc3ccccc32)cn1. The fourth-order valence-electron chi connectivity index (χ4n) is 3.95. The van der Waals surface area contributed by atoms with Gasteiger partial charge in [0.05, 0.1) is 17.8 Å². The van der Waals surface area contributed by atoms with Crippen LogP contribution >= 0.6 is 0 Å². The van der Waals surface area contributed by atoms with E-state index in [0.717, 1.165) is 43.6 Å². The van der Waals surface area contributed by atoms with Gasteiger partial charge in [0, 0.05) is 24.5 Å². The molecule has 26 heavy (non-hydrogen) atoms. The number of aryl methyl sites for hydroxylation is 1. The van der Waals surface area contributed by atoms with Crippen LogP contribution in [0.4, 0.5) is 5.69 Å². The summed E-state index contributed by atoms with van der Waals surface area (Å²) in [4.78, 5) is 35.7. The molecule has 0 saturated heterocycles. The minimum absolute atomic E-state index is 0.118. The number of fused-ring (bicyclic) bond motifs is 1. The Morgan fingerprint density at radius 2 is 2.00 bits per heavy atom. The quantitative estimate of drug-likeness (QED) is 0.921. The van der Waals surface area contributed by atoms with E-state index in [9.17, 15) is 9.59 Å². The van der Waals surface area contributed by atoms with E-state index < -0.39 is 0 Å². The van der Waals surface area contributed by atoms with Crippen molar-refractivity contribution < 1.29 is 9.59 Å². The average Bonchev–Trinajstić information content (AvgIpc) is 3.28. The minimum Gasteiger partial charge on any atom is -0.347 e. The molecule has 1 aromatic carbocycles. The van der Waals surface area contributed by atoms with Gasteiger partial charge >= 0.3 is 0 Å². The molecule has 0 bridgehead atoms. The molecule has 1 aliphatic heterocycles. The van der Waals surface area contributed by atoms with Crippen molar-refractivity contribution in [1.82, 2.24) is 15.3 Å². The molecular weight excluding hydrogens is 328 g/mol. The average molecular weight is 350 g/mol. The number of hydrogen-bond acceptors (Lipinski definition) is 4. The molecule has 2 heterocycles. The number of carbonyl (C=O) groups is 2. The highest BCUT2D eigenvalue weighted by Gasteiger charge is 2.38. The number of rotatable bonds is 3. The molecule has 2 aliphatic rings. The van der Waals surface area contributed by atoms with Crippen LogP contribution in [0.15, 0.2) is 36.7 Å². The molecule has 134 valence electrons. The molecule has 2 aromatic rings. The van der Waals surface area contributed by atoms with Gasteiger partial charge in [-0.2, -0.15) is 0 Å². The lowest BCUT2D eigenvalue weighted by atomic mass is 10.0. The molecule has 4 rings (SSSR count). The summed E-state index contributed by atoms with van der Waals surface area (Å²) in [5.74, 6) is -0.319. The van der Waals surface area contributed by atoms with Crippen molar-refractivity contribution in [3.63, 3.8) is 0 Å². The molecule has 1 N–H and O–H groups in total. The minimum atomic E-state index is -0.260. The van der Waals surface area contributed by atoms with Crippen molar-refractivity contribution in [3.05, 3.63) is 53.6 Å². The van der Waals surface area contributed by atoms with Crippen LogP contribution in [0.1, 0.15) is 41.0 Å². The van der Waals surface area contributed by atoms with Crippen LogP contribution in [0.5, 0.6) is 0 Å². The zero-order valence-corrected chi connectivity index (χ0v) is 14.8. The van der Waals surface area contributed by atoms with E-state index in [0.29, 0.717) is 5.69 Å².